The first kappa shape index (κ1) is 24.8. The topological polar surface area (TPSA) is 17.0 Å². The molecule has 1 N–H and O–H groups in total. The van der Waals surface area contributed by atoms with Gasteiger partial charge < -0.3 is 9.88 Å². The molecule has 0 aliphatic heterocycles. The maximum Gasteiger partial charge on any atom is 0.0491 e. The fourth-order valence-corrected chi connectivity index (χ4v) is 5.20. The molecule has 0 aliphatic carbocycles. The molecule has 0 saturated carbocycles. The summed E-state index contributed by atoms with van der Waals surface area (Å²) in [5.41, 5.74) is 11.2. The molecule has 0 aliphatic rings. The summed E-state index contributed by atoms with van der Waals surface area (Å²) in [7, 11) is 0. The highest BCUT2D eigenvalue weighted by atomic mass is 15.0. The highest BCUT2D eigenvalue weighted by Gasteiger charge is 2.14. The van der Waals surface area contributed by atoms with Gasteiger partial charge in [-0.25, -0.2) is 0 Å². The van der Waals surface area contributed by atoms with E-state index in [4.69, 9.17) is 0 Å². The average Bonchev–Trinajstić information content (AvgIpc) is 3.31. The van der Waals surface area contributed by atoms with Crippen LogP contribution in [0.15, 0.2) is 134 Å². The van der Waals surface area contributed by atoms with Crippen LogP contribution in [-0.4, -0.2) is 4.57 Å². The molecule has 5 aromatic carbocycles. The van der Waals surface area contributed by atoms with Crippen LogP contribution in [0.25, 0.3) is 33.2 Å². The molecule has 0 radical (unpaired) electrons. The number of hydrogen-bond donors (Lipinski definition) is 1. The summed E-state index contributed by atoms with van der Waals surface area (Å²) in [4.78, 5) is 0. The fourth-order valence-electron chi connectivity index (χ4n) is 5.20. The highest BCUT2D eigenvalue weighted by molar-refractivity contribution is 5.98. The van der Waals surface area contributed by atoms with E-state index in [0.29, 0.717) is 0 Å². The van der Waals surface area contributed by atoms with Gasteiger partial charge in [0.15, 0.2) is 0 Å². The predicted octanol–water partition coefficient (Wildman–Crippen LogP) is 10.1. The van der Waals surface area contributed by atoms with Gasteiger partial charge in [0.05, 0.1) is 0 Å². The fraction of sp³-hybridized carbons (Fsp3) is 0.135. The smallest absolute Gasteiger partial charge is 0.0491 e. The molecule has 39 heavy (non-hydrogen) atoms. The van der Waals surface area contributed by atoms with Gasteiger partial charge in [-0.1, -0.05) is 118 Å². The van der Waals surface area contributed by atoms with Gasteiger partial charge in [-0.3, -0.25) is 0 Å². The summed E-state index contributed by atoms with van der Waals surface area (Å²) >= 11 is 0. The van der Waals surface area contributed by atoms with Crippen LogP contribution in [0.4, 0.5) is 11.4 Å². The molecule has 0 unspecified atom stereocenters. The minimum atomic E-state index is 0.146. The Balaban J connectivity index is 1.33. The first-order valence-electron chi connectivity index (χ1n) is 13.6. The second-order valence-electron chi connectivity index (χ2n) is 11.3. The first-order valence-corrected chi connectivity index (χ1v) is 13.6. The molecule has 0 bridgehead atoms. The summed E-state index contributed by atoms with van der Waals surface area (Å²) in [6, 6.07) is 45.7. The summed E-state index contributed by atoms with van der Waals surface area (Å²) in [6.07, 6.45) is 2.30. The van der Waals surface area contributed by atoms with Crippen molar-refractivity contribution in [3.05, 3.63) is 145 Å². The van der Waals surface area contributed by atoms with Crippen LogP contribution in [-0.2, 0) is 12.0 Å². The van der Waals surface area contributed by atoms with E-state index in [0.717, 1.165) is 17.9 Å². The molecule has 192 valence electrons. The van der Waals surface area contributed by atoms with Crippen molar-refractivity contribution < 1.29 is 0 Å². The molecular weight excluding hydrogens is 472 g/mol. The Morgan fingerprint density at radius 2 is 1.18 bits per heavy atom. The van der Waals surface area contributed by atoms with E-state index in [1.807, 2.05) is 0 Å². The molecule has 6 rings (SSSR count). The van der Waals surface area contributed by atoms with Crippen LogP contribution in [0.3, 0.4) is 0 Å². The van der Waals surface area contributed by atoms with Crippen molar-refractivity contribution in [1.82, 2.24) is 4.57 Å². The molecule has 0 spiro atoms. The Kier molecular flexibility index (Phi) is 6.54. The van der Waals surface area contributed by atoms with Crippen molar-refractivity contribution in [2.45, 2.75) is 32.7 Å². The molecule has 0 fully saturated rings. The van der Waals surface area contributed by atoms with Crippen LogP contribution >= 0.6 is 0 Å². The second-order valence-corrected chi connectivity index (χ2v) is 11.3. The molecule has 6 aromatic rings. The zero-order valence-corrected chi connectivity index (χ0v) is 22.9. The van der Waals surface area contributed by atoms with E-state index >= 15 is 0 Å². The molecule has 0 amide bonds. The van der Waals surface area contributed by atoms with Gasteiger partial charge in [-0.15, -0.1) is 0 Å². The summed E-state index contributed by atoms with van der Waals surface area (Å²) in [5, 5.41) is 4.87. The number of rotatable bonds is 6. The molecule has 0 saturated heterocycles. The lowest BCUT2D eigenvalue weighted by Crippen LogP contribution is -2.10. The minimum absolute atomic E-state index is 0.146. The normalized spacial score (nSPS) is 11.6. The number of hydrogen-bond acceptors (Lipinski definition) is 1. The lowest BCUT2D eigenvalue weighted by molar-refractivity contribution is 0.590. The van der Waals surface area contributed by atoms with Crippen LogP contribution in [0.1, 0.15) is 31.9 Å². The minimum Gasteiger partial charge on any atom is -0.356 e. The third-order valence-corrected chi connectivity index (χ3v) is 7.42. The Hall–Kier alpha value is -4.56. The summed E-state index contributed by atoms with van der Waals surface area (Å²) < 4.78 is 2.37. The molecule has 2 nitrogen and oxygen atoms in total. The maximum atomic E-state index is 3.62. The van der Waals surface area contributed by atoms with E-state index in [1.165, 1.54) is 44.3 Å². The number of aromatic nitrogens is 1. The predicted molar refractivity (Wildman–Crippen MR) is 167 cm³/mol. The van der Waals surface area contributed by atoms with Crippen molar-refractivity contribution in [3.63, 3.8) is 0 Å². The molecule has 1 heterocycles. The van der Waals surface area contributed by atoms with E-state index < -0.39 is 0 Å². The van der Waals surface area contributed by atoms with Crippen LogP contribution in [0, 0.1) is 0 Å². The van der Waals surface area contributed by atoms with Crippen molar-refractivity contribution in [3.8, 4) is 22.3 Å². The number of nitrogens with zero attached hydrogens (tertiary/aromatic N) is 1. The maximum absolute atomic E-state index is 3.62. The number of fused-ring (bicyclic) bond motifs is 1. The monoisotopic (exact) mass is 506 g/mol. The Bertz CT molecular complexity index is 1690. The standard InChI is InChI=1S/C37H34N2/c1-37(2,3)31-18-20-32(21-19-31)38-33-22-23-36-34(24-33)35(30-12-8-5-9-13-30)26-39(36)25-27-14-16-29(17-15-27)28-10-6-4-7-11-28/h4-24,26,38H,25H2,1-3H3. The van der Waals surface area contributed by atoms with Gasteiger partial charge in [0.1, 0.15) is 0 Å². The van der Waals surface area contributed by atoms with Crippen molar-refractivity contribution in [2.75, 3.05) is 5.32 Å². The number of benzene rings is 5. The molecule has 2 heteroatoms. The average molecular weight is 507 g/mol. The van der Waals surface area contributed by atoms with Crippen LogP contribution in [0.5, 0.6) is 0 Å². The lowest BCUT2D eigenvalue weighted by Gasteiger charge is -2.19. The van der Waals surface area contributed by atoms with Crippen molar-refractivity contribution in [1.29, 1.82) is 0 Å². The van der Waals surface area contributed by atoms with E-state index in [-0.39, 0.29) is 5.41 Å². The molecule has 0 atom stereocenters. The van der Waals surface area contributed by atoms with Gasteiger partial charge in [0.25, 0.3) is 0 Å². The zero-order valence-electron chi connectivity index (χ0n) is 22.9. The van der Waals surface area contributed by atoms with Crippen LogP contribution in [0.2, 0.25) is 0 Å². The van der Waals surface area contributed by atoms with Crippen LogP contribution < -0.4 is 5.32 Å². The summed E-state index contributed by atoms with van der Waals surface area (Å²) in [5.74, 6) is 0. The van der Waals surface area contributed by atoms with Gasteiger partial charge >= 0.3 is 0 Å². The highest BCUT2D eigenvalue weighted by Crippen LogP contribution is 2.34. The van der Waals surface area contributed by atoms with Gasteiger partial charge in [0.2, 0.25) is 0 Å². The molecule has 1 aromatic heterocycles. The molecular formula is C37H34N2. The number of nitrogens with one attached hydrogen (secondary N) is 1. The number of anilines is 2. The van der Waals surface area contributed by atoms with E-state index in [2.05, 4.69) is 164 Å². The largest absolute Gasteiger partial charge is 0.356 e. The van der Waals surface area contributed by atoms with Crippen molar-refractivity contribution in [2.24, 2.45) is 0 Å². The van der Waals surface area contributed by atoms with E-state index in [9.17, 15) is 0 Å². The second kappa shape index (κ2) is 10.3. The third kappa shape index (κ3) is 5.37. The van der Waals surface area contributed by atoms with Gasteiger partial charge in [0, 0.05) is 40.6 Å². The zero-order chi connectivity index (χ0) is 26.8. The first-order chi connectivity index (χ1) is 18.9. The van der Waals surface area contributed by atoms with Gasteiger partial charge in [-0.2, -0.15) is 0 Å². The quantitative estimate of drug-likeness (QED) is 0.238. The third-order valence-electron chi connectivity index (χ3n) is 7.42. The Labute approximate surface area is 231 Å². The Morgan fingerprint density at radius 3 is 1.82 bits per heavy atom. The van der Waals surface area contributed by atoms with Crippen molar-refractivity contribution >= 4 is 22.3 Å². The van der Waals surface area contributed by atoms with E-state index in [1.54, 1.807) is 0 Å². The van der Waals surface area contributed by atoms with Gasteiger partial charge in [-0.05, 0) is 63.6 Å². The SMILES string of the molecule is CC(C)(C)c1ccc(Nc2ccc3c(c2)c(-c2ccccc2)cn3Cc2ccc(-c3ccccc3)cc2)cc1. The summed E-state index contributed by atoms with van der Waals surface area (Å²) in [6.45, 7) is 7.56. The lowest BCUT2D eigenvalue weighted by atomic mass is 9.87. The Morgan fingerprint density at radius 1 is 0.590 bits per heavy atom.